The summed E-state index contributed by atoms with van der Waals surface area (Å²) < 4.78 is 6.92. The van der Waals surface area contributed by atoms with E-state index in [2.05, 4.69) is 16.9 Å². The Balaban J connectivity index is 2.19. The van der Waals surface area contributed by atoms with Gasteiger partial charge >= 0.3 is 0 Å². The molecule has 0 bridgehead atoms. The van der Waals surface area contributed by atoms with Crippen LogP contribution in [0.15, 0.2) is 52.4 Å². The molecule has 3 aromatic rings. The van der Waals surface area contributed by atoms with E-state index in [1.807, 2.05) is 30.3 Å². The summed E-state index contributed by atoms with van der Waals surface area (Å²) >= 11 is 1.44. The average Bonchev–Trinajstić information content (AvgIpc) is 2.62. The molecule has 2 aromatic heterocycles. The van der Waals surface area contributed by atoms with Gasteiger partial charge in [-0.1, -0.05) is 24.7 Å². The third kappa shape index (κ3) is 3.38. The van der Waals surface area contributed by atoms with Gasteiger partial charge < -0.3 is 4.74 Å². The first-order valence-corrected chi connectivity index (χ1v) is 8.72. The van der Waals surface area contributed by atoms with Crippen molar-refractivity contribution in [2.45, 2.75) is 26.3 Å². The van der Waals surface area contributed by atoms with Crippen LogP contribution in [0.2, 0.25) is 0 Å². The zero-order valence-corrected chi connectivity index (χ0v) is 14.5. The van der Waals surface area contributed by atoms with Gasteiger partial charge in [0.15, 0.2) is 4.80 Å². The minimum Gasteiger partial charge on any atom is -0.497 e. The molecule has 1 aromatic carbocycles. The smallest absolute Gasteiger partial charge is 0.263 e. The van der Waals surface area contributed by atoms with Crippen molar-refractivity contribution >= 4 is 27.2 Å². The van der Waals surface area contributed by atoms with Crippen molar-refractivity contribution in [1.29, 1.82) is 0 Å². The van der Waals surface area contributed by atoms with E-state index in [0.717, 1.165) is 24.3 Å². The molecule has 0 atom stereocenters. The molecule has 0 aliphatic carbocycles. The van der Waals surface area contributed by atoms with Gasteiger partial charge in [-0.05, 0) is 42.8 Å². The molecule has 0 unspecified atom stereocenters. The van der Waals surface area contributed by atoms with Crippen LogP contribution in [-0.4, -0.2) is 16.7 Å². The number of hydrogen-bond acceptors (Lipinski definition) is 5. The second-order valence-electron chi connectivity index (χ2n) is 5.36. The van der Waals surface area contributed by atoms with Crippen LogP contribution in [0.4, 0.5) is 5.69 Å². The standard InChI is InChI=1S/C18H19N3O2S/c1-3-4-12-21-17(22)15-6-5-11-19-16(15)24-18(21)20-13-7-9-14(23-2)10-8-13/h5-11H,3-4,12H2,1-2H3. The van der Waals surface area contributed by atoms with Gasteiger partial charge in [-0.2, -0.15) is 0 Å². The Labute approximate surface area is 143 Å². The van der Waals surface area contributed by atoms with Crippen molar-refractivity contribution in [1.82, 2.24) is 9.55 Å². The number of nitrogens with zero attached hydrogens (tertiary/aromatic N) is 3. The number of pyridine rings is 1. The summed E-state index contributed by atoms with van der Waals surface area (Å²) in [6, 6.07) is 11.1. The molecule has 0 saturated carbocycles. The molecule has 3 rings (SSSR count). The SMILES string of the molecule is CCCCn1c(=Nc2ccc(OC)cc2)sc2ncccc2c1=O. The molecule has 124 valence electrons. The van der Waals surface area contributed by atoms with E-state index in [4.69, 9.17) is 4.74 Å². The number of aromatic nitrogens is 2. The van der Waals surface area contributed by atoms with E-state index in [9.17, 15) is 4.79 Å². The summed E-state index contributed by atoms with van der Waals surface area (Å²) in [5.74, 6) is 0.779. The van der Waals surface area contributed by atoms with Gasteiger partial charge in [0.05, 0.1) is 18.2 Å². The topological polar surface area (TPSA) is 56.5 Å². The Morgan fingerprint density at radius 2 is 2.04 bits per heavy atom. The number of methoxy groups -OCH3 is 1. The molecule has 0 fully saturated rings. The van der Waals surface area contributed by atoms with Crippen LogP contribution in [0.5, 0.6) is 5.75 Å². The summed E-state index contributed by atoms with van der Waals surface area (Å²) in [7, 11) is 1.63. The third-order valence-electron chi connectivity index (χ3n) is 3.70. The maximum Gasteiger partial charge on any atom is 0.263 e. The van der Waals surface area contributed by atoms with Crippen LogP contribution in [0.1, 0.15) is 19.8 Å². The van der Waals surface area contributed by atoms with Gasteiger partial charge in [0, 0.05) is 12.7 Å². The molecule has 0 spiro atoms. The number of ether oxygens (including phenoxy) is 1. The van der Waals surface area contributed by atoms with E-state index < -0.39 is 0 Å². The highest BCUT2D eigenvalue weighted by Gasteiger charge is 2.07. The normalized spacial score (nSPS) is 11.8. The molecule has 0 aliphatic heterocycles. The van der Waals surface area contributed by atoms with E-state index in [-0.39, 0.29) is 5.56 Å². The average molecular weight is 341 g/mol. The quantitative estimate of drug-likeness (QED) is 0.714. The Bertz CT molecular complexity index is 958. The molecular formula is C18H19N3O2S. The van der Waals surface area contributed by atoms with Gasteiger partial charge in [0.2, 0.25) is 0 Å². The van der Waals surface area contributed by atoms with Crippen LogP contribution in [0.3, 0.4) is 0 Å². The van der Waals surface area contributed by atoms with Crippen LogP contribution in [-0.2, 0) is 6.54 Å². The Morgan fingerprint density at radius 1 is 1.25 bits per heavy atom. The fraction of sp³-hybridized carbons (Fsp3) is 0.278. The van der Waals surface area contributed by atoms with E-state index in [1.54, 1.807) is 23.9 Å². The lowest BCUT2D eigenvalue weighted by Crippen LogP contribution is -2.32. The molecular weight excluding hydrogens is 322 g/mol. The maximum atomic E-state index is 12.8. The zero-order valence-electron chi connectivity index (χ0n) is 13.7. The summed E-state index contributed by atoms with van der Waals surface area (Å²) in [6.45, 7) is 2.77. The highest BCUT2D eigenvalue weighted by molar-refractivity contribution is 7.15. The van der Waals surface area contributed by atoms with Crippen LogP contribution in [0.25, 0.3) is 10.2 Å². The van der Waals surface area contributed by atoms with Crippen LogP contribution >= 0.6 is 11.3 Å². The molecule has 0 amide bonds. The van der Waals surface area contributed by atoms with E-state index >= 15 is 0 Å². The third-order valence-corrected chi connectivity index (χ3v) is 4.71. The fourth-order valence-corrected chi connectivity index (χ4v) is 3.36. The molecule has 0 aliphatic rings. The van der Waals surface area contributed by atoms with Gasteiger partial charge in [-0.3, -0.25) is 9.36 Å². The summed E-state index contributed by atoms with van der Waals surface area (Å²) in [5, 5.41) is 0.646. The van der Waals surface area contributed by atoms with Crippen molar-refractivity contribution in [3.63, 3.8) is 0 Å². The lowest BCUT2D eigenvalue weighted by atomic mass is 10.3. The molecule has 0 N–H and O–H groups in total. The van der Waals surface area contributed by atoms with Gasteiger partial charge in [-0.25, -0.2) is 9.98 Å². The predicted octanol–water partition coefficient (Wildman–Crippen LogP) is 3.50. The van der Waals surface area contributed by atoms with E-state index in [1.165, 1.54) is 11.3 Å². The molecule has 24 heavy (non-hydrogen) atoms. The number of unbranched alkanes of at least 4 members (excludes halogenated alkanes) is 1. The lowest BCUT2D eigenvalue weighted by molar-refractivity contribution is 0.415. The molecule has 2 heterocycles. The Morgan fingerprint density at radius 3 is 2.75 bits per heavy atom. The Kier molecular flexibility index (Phi) is 5.05. The Hall–Kier alpha value is -2.47. The fourth-order valence-electron chi connectivity index (χ4n) is 2.37. The van der Waals surface area contributed by atoms with Crippen molar-refractivity contribution in [2.75, 3.05) is 7.11 Å². The summed E-state index contributed by atoms with van der Waals surface area (Å²) in [6.07, 6.45) is 3.65. The minimum absolute atomic E-state index is 0.0300. The zero-order chi connectivity index (χ0) is 16.9. The number of hydrogen-bond donors (Lipinski definition) is 0. The first kappa shape index (κ1) is 16.4. The van der Waals surface area contributed by atoms with Crippen LogP contribution < -0.4 is 15.1 Å². The summed E-state index contributed by atoms with van der Waals surface area (Å²) in [5.41, 5.74) is 0.754. The van der Waals surface area contributed by atoms with Crippen molar-refractivity contribution < 1.29 is 4.74 Å². The van der Waals surface area contributed by atoms with Crippen molar-refractivity contribution in [3.05, 3.63) is 57.8 Å². The minimum atomic E-state index is -0.0300. The van der Waals surface area contributed by atoms with Crippen molar-refractivity contribution in [2.24, 2.45) is 4.99 Å². The lowest BCUT2D eigenvalue weighted by Gasteiger charge is -2.07. The van der Waals surface area contributed by atoms with Gasteiger partial charge in [-0.15, -0.1) is 0 Å². The number of benzene rings is 1. The second kappa shape index (κ2) is 7.40. The number of rotatable bonds is 5. The first-order valence-electron chi connectivity index (χ1n) is 7.90. The van der Waals surface area contributed by atoms with Crippen molar-refractivity contribution in [3.8, 4) is 5.75 Å². The van der Waals surface area contributed by atoms with E-state index in [0.29, 0.717) is 21.6 Å². The maximum absolute atomic E-state index is 12.8. The predicted molar refractivity (Wildman–Crippen MR) is 97.0 cm³/mol. The first-order chi connectivity index (χ1) is 11.7. The second-order valence-corrected chi connectivity index (χ2v) is 6.32. The highest BCUT2D eigenvalue weighted by Crippen LogP contribution is 2.17. The summed E-state index contributed by atoms with van der Waals surface area (Å²) in [4.78, 5) is 23.2. The monoisotopic (exact) mass is 341 g/mol. The number of fused-ring (bicyclic) bond motifs is 1. The largest absolute Gasteiger partial charge is 0.497 e. The molecule has 6 heteroatoms. The van der Waals surface area contributed by atoms with Crippen LogP contribution in [0, 0.1) is 0 Å². The van der Waals surface area contributed by atoms with Gasteiger partial charge in [0.1, 0.15) is 10.6 Å². The molecule has 0 saturated heterocycles. The van der Waals surface area contributed by atoms with Gasteiger partial charge in [0.25, 0.3) is 5.56 Å². The molecule has 5 nitrogen and oxygen atoms in total. The molecule has 0 radical (unpaired) electrons. The highest BCUT2D eigenvalue weighted by atomic mass is 32.1.